The van der Waals surface area contributed by atoms with Gasteiger partial charge in [0.1, 0.15) is 12.4 Å². The molecule has 0 radical (unpaired) electrons. The maximum Gasteiger partial charge on any atom is 0.243 e. The number of fused-ring (bicyclic) bond motifs is 1. The van der Waals surface area contributed by atoms with E-state index < -0.39 is 16.2 Å². The topological polar surface area (TPSA) is 119 Å². The van der Waals surface area contributed by atoms with E-state index in [1.54, 1.807) is 17.0 Å². The minimum absolute atomic E-state index is 0.0788. The van der Waals surface area contributed by atoms with Gasteiger partial charge in [0.15, 0.2) is 0 Å². The van der Waals surface area contributed by atoms with Crippen LogP contribution in [0.5, 0.6) is 5.75 Å². The molecule has 3 aromatic carbocycles. The number of aryl methyl sites for hydroxylation is 1. The minimum atomic E-state index is -3.76. The number of amides is 1. The largest absolute Gasteiger partial charge is 0.492 e. The summed E-state index contributed by atoms with van der Waals surface area (Å²) in [5.74, 6) is 0.561. The molecule has 9 heteroatoms. The Balaban J connectivity index is 1.59. The van der Waals surface area contributed by atoms with E-state index >= 15 is 0 Å². The third kappa shape index (κ3) is 5.54. The summed E-state index contributed by atoms with van der Waals surface area (Å²) in [6.45, 7) is 4.50. The number of hydrogen-bond donors (Lipinski definition) is 2. The second kappa shape index (κ2) is 10.2. The smallest absolute Gasteiger partial charge is 0.243 e. The molecule has 8 nitrogen and oxygen atoms in total. The molecule has 1 aliphatic heterocycles. The van der Waals surface area contributed by atoms with Gasteiger partial charge >= 0.3 is 0 Å². The summed E-state index contributed by atoms with van der Waals surface area (Å²) < 4.78 is 34.0. The number of ether oxygens (including phenoxy) is 1. The summed E-state index contributed by atoms with van der Waals surface area (Å²) in [6, 6.07) is 19.7. The van der Waals surface area contributed by atoms with Crippen LogP contribution >= 0.6 is 0 Å². The highest BCUT2D eigenvalue weighted by Gasteiger charge is 2.28. The number of anilines is 1. The van der Waals surface area contributed by atoms with Crippen molar-refractivity contribution in [2.24, 2.45) is 11.5 Å². The number of carbonyl (C=O) groups is 1. The molecule has 0 saturated heterocycles. The molecule has 0 bridgehead atoms. The molecule has 0 aliphatic carbocycles. The van der Waals surface area contributed by atoms with Gasteiger partial charge in [0.2, 0.25) is 15.9 Å². The maximum absolute atomic E-state index is 13.4. The Morgan fingerprint density at radius 1 is 1.06 bits per heavy atom. The van der Waals surface area contributed by atoms with E-state index in [1.807, 2.05) is 49.4 Å². The first kappa shape index (κ1) is 24.9. The molecule has 0 spiro atoms. The number of nitrogens with two attached hydrogens (primary N) is 2. The fourth-order valence-corrected chi connectivity index (χ4v) is 5.43. The Kier molecular flexibility index (Phi) is 7.23. The first-order valence-electron chi connectivity index (χ1n) is 11.4. The van der Waals surface area contributed by atoms with Crippen molar-refractivity contribution in [3.63, 3.8) is 0 Å². The van der Waals surface area contributed by atoms with Crippen LogP contribution in [0.15, 0.2) is 71.6 Å². The predicted molar refractivity (Wildman–Crippen MR) is 135 cm³/mol. The van der Waals surface area contributed by atoms with Crippen molar-refractivity contribution in [1.82, 2.24) is 4.31 Å². The average Bonchev–Trinajstić information content (AvgIpc) is 3.06. The number of sulfonamides is 1. The number of hydrogen-bond acceptors (Lipinski definition) is 6. The molecule has 4 rings (SSSR count). The predicted octanol–water partition coefficient (Wildman–Crippen LogP) is 3.05. The Morgan fingerprint density at radius 2 is 1.74 bits per heavy atom. The van der Waals surface area contributed by atoms with E-state index in [0.29, 0.717) is 17.9 Å². The van der Waals surface area contributed by atoms with Gasteiger partial charge in [-0.15, -0.1) is 0 Å². The molecule has 1 heterocycles. The van der Waals surface area contributed by atoms with Gasteiger partial charge in [-0.3, -0.25) is 4.79 Å². The molecule has 35 heavy (non-hydrogen) atoms. The second-order valence-corrected chi connectivity index (χ2v) is 10.6. The van der Waals surface area contributed by atoms with Gasteiger partial charge in [-0.1, -0.05) is 35.9 Å². The molecule has 1 amide bonds. The molecule has 4 N–H and O–H groups in total. The lowest BCUT2D eigenvalue weighted by molar-refractivity contribution is -0.116. The molecule has 184 valence electrons. The van der Waals surface area contributed by atoms with Crippen LogP contribution in [0.3, 0.4) is 0 Å². The van der Waals surface area contributed by atoms with Crippen LogP contribution < -0.4 is 21.1 Å². The Bertz CT molecular complexity index is 1310. The number of nitrogens with zero attached hydrogens (tertiary/aromatic N) is 2. The van der Waals surface area contributed by atoms with Gasteiger partial charge in [-0.25, -0.2) is 8.42 Å². The van der Waals surface area contributed by atoms with Crippen molar-refractivity contribution in [1.29, 1.82) is 0 Å². The van der Waals surface area contributed by atoms with Crippen molar-refractivity contribution in [2.75, 3.05) is 18.1 Å². The SMILES string of the molecule is CC(=O)N(Cc1ccc2c(c1)CN(S(=O)(=O)c1ccc(C(N)N)cc1)CCO2)c1ccc(C)cc1. The van der Waals surface area contributed by atoms with E-state index in [2.05, 4.69) is 0 Å². The fourth-order valence-electron chi connectivity index (χ4n) is 4.03. The van der Waals surface area contributed by atoms with Crippen molar-refractivity contribution in [3.05, 3.63) is 89.0 Å². The van der Waals surface area contributed by atoms with E-state index in [4.69, 9.17) is 16.2 Å². The van der Waals surface area contributed by atoms with Gasteiger partial charge in [-0.05, 0) is 54.4 Å². The molecule has 0 aromatic heterocycles. The first-order chi connectivity index (χ1) is 16.6. The average molecular weight is 495 g/mol. The quantitative estimate of drug-likeness (QED) is 0.509. The van der Waals surface area contributed by atoms with E-state index in [1.165, 1.54) is 23.4 Å². The van der Waals surface area contributed by atoms with Crippen LogP contribution in [0.2, 0.25) is 0 Å². The molecular formula is C26H30N4O4S. The van der Waals surface area contributed by atoms with Crippen molar-refractivity contribution >= 4 is 21.6 Å². The lowest BCUT2D eigenvalue weighted by Crippen LogP contribution is -2.32. The number of rotatable bonds is 6. The van der Waals surface area contributed by atoms with Gasteiger partial charge in [0.05, 0.1) is 17.6 Å². The lowest BCUT2D eigenvalue weighted by atomic mass is 10.1. The van der Waals surface area contributed by atoms with Gasteiger partial charge in [0, 0.05) is 31.3 Å². The third-order valence-electron chi connectivity index (χ3n) is 6.04. The highest BCUT2D eigenvalue weighted by atomic mass is 32.2. The van der Waals surface area contributed by atoms with Crippen LogP contribution in [0, 0.1) is 6.92 Å². The molecule has 0 fully saturated rings. The number of benzene rings is 3. The molecule has 1 aliphatic rings. The zero-order valence-electron chi connectivity index (χ0n) is 19.8. The second-order valence-electron chi connectivity index (χ2n) is 8.66. The Morgan fingerprint density at radius 3 is 2.37 bits per heavy atom. The van der Waals surface area contributed by atoms with Gasteiger partial charge < -0.3 is 21.1 Å². The van der Waals surface area contributed by atoms with Crippen LogP contribution in [0.1, 0.15) is 35.3 Å². The summed E-state index contributed by atoms with van der Waals surface area (Å²) in [7, 11) is -3.76. The Hall–Kier alpha value is -3.24. The van der Waals surface area contributed by atoms with Crippen molar-refractivity contribution in [3.8, 4) is 5.75 Å². The van der Waals surface area contributed by atoms with E-state index in [9.17, 15) is 13.2 Å². The summed E-state index contributed by atoms with van der Waals surface area (Å²) in [5.41, 5.74) is 15.6. The van der Waals surface area contributed by atoms with Crippen molar-refractivity contribution < 1.29 is 17.9 Å². The van der Waals surface area contributed by atoms with Crippen LogP contribution in [0.4, 0.5) is 5.69 Å². The van der Waals surface area contributed by atoms with Crippen LogP contribution in [-0.2, 0) is 27.9 Å². The summed E-state index contributed by atoms with van der Waals surface area (Å²) >= 11 is 0. The molecule has 0 unspecified atom stereocenters. The molecule has 0 atom stereocenters. The summed E-state index contributed by atoms with van der Waals surface area (Å²) in [4.78, 5) is 14.2. The fraction of sp³-hybridized carbons (Fsp3) is 0.269. The maximum atomic E-state index is 13.4. The molecule has 3 aromatic rings. The summed E-state index contributed by atoms with van der Waals surface area (Å²) in [6.07, 6.45) is -0.668. The van der Waals surface area contributed by atoms with Crippen LogP contribution in [0.25, 0.3) is 0 Å². The standard InChI is InChI=1S/C26H30N4O4S/c1-18-3-8-23(9-4-18)30(19(2)31)16-20-5-12-25-22(15-20)17-29(13-14-34-25)35(32,33)24-10-6-21(7-11-24)26(27)28/h3-12,15,26H,13-14,16-17,27-28H2,1-2H3. The highest BCUT2D eigenvalue weighted by Crippen LogP contribution is 2.29. The Labute approximate surface area is 206 Å². The van der Waals surface area contributed by atoms with Crippen molar-refractivity contribution in [2.45, 2.75) is 38.0 Å². The van der Waals surface area contributed by atoms with E-state index in [-0.39, 0.29) is 30.5 Å². The number of carbonyl (C=O) groups excluding carboxylic acids is 1. The van der Waals surface area contributed by atoms with E-state index in [0.717, 1.165) is 22.4 Å². The van der Waals surface area contributed by atoms with Gasteiger partial charge in [-0.2, -0.15) is 4.31 Å². The zero-order chi connectivity index (χ0) is 25.2. The summed E-state index contributed by atoms with van der Waals surface area (Å²) in [5, 5.41) is 0. The van der Waals surface area contributed by atoms with Crippen LogP contribution in [-0.4, -0.2) is 31.8 Å². The normalized spacial score (nSPS) is 14.2. The zero-order valence-corrected chi connectivity index (χ0v) is 20.7. The highest BCUT2D eigenvalue weighted by molar-refractivity contribution is 7.89. The molecular weight excluding hydrogens is 464 g/mol. The van der Waals surface area contributed by atoms with Gasteiger partial charge in [0.25, 0.3) is 0 Å². The monoisotopic (exact) mass is 494 g/mol. The third-order valence-corrected chi connectivity index (χ3v) is 7.90. The lowest BCUT2D eigenvalue weighted by Gasteiger charge is -2.23. The first-order valence-corrected chi connectivity index (χ1v) is 12.8. The molecule has 0 saturated carbocycles. The minimum Gasteiger partial charge on any atom is -0.492 e.